The zero-order valence-electron chi connectivity index (χ0n) is 9.71. The van der Waals surface area contributed by atoms with Crippen LogP contribution in [0.2, 0.25) is 0 Å². The predicted octanol–water partition coefficient (Wildman–Crippen LogP) is 3.50. The number of ether oxygens (including phenoxy) is 1. The quantitative estimate of drug-likeness (QED) is 0.830. The first kappa shape index (κ1) is 11.6. The molecule has 0 bridgehead atoms. The lowest BCUT2D eigenvalue weighted by molar-refractivity contribution is -0.148. The number of halogens is 1. The minimum Gasteiger partial charge on any atom is -0.489 e. The Bertz CT molecular complexity index is 438. The van der Waals surface area contributed by atoms with Gasteiger partial charge in [0.15, 0.2) is 0 Å². The van der Waals surface area contributed by atoms with Gasteiger partial charge < -0.3 is 4.74 Å². The number of hydrogen-bond donors (Lipinski definition) is 0. The van der Waals surface area contributed by atoms with Gasteiger partial charge in [-0.2, -0.15) is 0 Å². The number of aryl methyl sites for hydroxylation is 1. The lowest BCUT2D eigenvalue weighted by atomic mass is 9.68. The summed E-state index contributed by atoms with van der Waals surface area (Å²) in [7, 11) is 0. The van der Waals surface area contributed by atoms with Gasteiger partial charge >= 0.3 is 0 Å². The highest BCUT2D eigenvalue weighted by Crippen LogP contribution is 2.40. The number of carbonyl (C=O) groups is 1. The standard InChI is InChI=1S/C13H15BrO2/c1-8-4-5-9(14)6-10(8)16-12-7-11(15)13(12,2)3/h4-6,12H,7H2,1-3H3. The minimum absolute atomic E-state index is 0.00741. The first-order chi connectivity index (χ1) is 7.41. The van der Waals surface area contributed by atoms with Crippen molar-refractivity contribution < 1.29 is 9.53 Å². The second-order valence-corrected chi connectivity index (χ2v) is 5.78. The molecule has 1 fully saturated rings. The molecule has 3 heteroatoms. The van der Waals surface area contributed by atoms with Crippen molar-refractivity contribution in [3.05, 3.63) is 28.2 Å². The van der Waals surface area contributed by atoms with E-state index in [9.17, 15) is 4.79 Å². The third kappa shape index (κ3) is 1.88. The molecule has 0 saturated heterocycles. The number of hydrogen-bond acceptors (Lipinski definition) is 2. The van der Waals surface area contributed by atoms with Gasteiger partial charge in [0.05, 0.1) is 5.41 Å². The highest BCUT2D eigenvalue weighted by molar-refractivity contribution is 9.10. The van der Waals surface area contributed by atoms with Crippen LogP contribution in [0.3, 0.4) is 0 Å². The van der Waals surface area contributed by atoms with Crippen LogP contribution in [0.15, 0.2) is 22.7 Å². The monoisotopic (exact) mass is 282 g/mol. The SMILES string of the molecule is Cc1ccc(Br)cc1OC1CC(=O)C1(C)C. The molecule has 1 aromatic carbocycles. The van der Waals surface area contributed by atoms with E-state index < -0.39 is 0 Å². The van der Waals surface area contributed by atoms with Gasteiger partial charge in [-0.3, -0.25) is 4.79 Å². The molecule has 2 rings (SSSR count). The molecule has 0 amide bonds. The molecule has 2 nitrogen and oxygen atoms in total. The van der Waals surface area contributed by atoms with Gasteiger partial charge in [-0.25, -0.2) is 0 Å². The fourth-order valence-electron chi connectivity index (χ4n) is 1.78. The van der Waals surface area contributed by atoms with Crippen LogP contribution in [0.4, 0.5) is 0 Å². The largest absolute Gasteiger partial charge is 0.489 e. The maximum atomic E-state index is 11.4. The third-order valence-electron chi connectivity index (χ3n) is 3.31. The number of rotatable bonds is 2. The van der Waals surface area contributed by atoms with E-state index in [-0.39, 0.29) is 17.3 Å². The van der Waals surface area contributed by atoms with Gasteiger partial charge in [0, 0.05) is 10.9 Å². The van der Waals surface area contributed by atoms with E-state index in [4.69, 9.17) is 4.74 Å². The van der Waals surface area contributed by atoms with Crippen LogP contribution in [0, 0.1) is 12.3 Å². The fraction of sp³-hybridized carbons (Fsp3) is 0.462. The zero-order valence-corrected chi connectivity index (χ0v) is 11.3. The van der Waals surface area contributed by atoms with E-state index in [1.165, 1.54) is 0 Å². The van der Waals surface area contributed by atoms with Crippen LogP contribution < -0.4 is 4.74 Å². The van der Waals surface area contributed by atoms with E-state index in [1.54, 1.807) is 0 Å². The van der Waals surface area contributed by atoms with E-state index in [0.29, 0.717) is 6.42 Å². The molecule has 0 aliphatic heterocycles. The summed E-state index contributed by atoms with van der Waals surface area (Å²) >= 11 is 3.42. The third-order valence-corrected chi connectivity index (χ3v) is 3.81. The van der Waals surface area contributed by atoms with Crippen molar-refractivity contribution in [2.45, 2.75) is 33.3 Å². The zero-order chi connectivity index (χ0) is 11.9. The van der Waals surface area contributed by atoms with Crippen LogP contribution >= 0.6 is 15.9 Å². The molecule has 1 saturated carbocycles. The Morgan fingerprint density at radius 2 is 2.12 bits per heavy atom. The Morgan fingerprint density at radius 3 is 2.69 bits per heavy atom. The average Bonchev–Trinajstić information content (AvgIpc) is 2.23. The molecule has 0 N–H and O–H groups in total. The summed E-state index contributed by atoms with van der Waals surface area (Å²) in [4.78, 5) is 11.4. The molecule has 1 unspecified atom stereocenters. The minimum atomic E-state index is -0.339. The van der Waals surface area contributed by atoms with E-state index in [2.05, 4.69) is 15.9 Å². The maximum absolute atomic E-state index is 11.4. The van der Waals surface area contributed by atoms with E-state index in [1.807, 2.05) is 39.0 Å². The summed E-state index contributed by atoms with van der Waals surface area (Å²) in [6, 6.07) is 5.94. The second-order valence-electron chi connectivity index (χ2n) is 4.87. The number of Topliss-reactive ketones (excluding diaryl/α,β-unsaturated/α-hetero) is 1. The maximum Gasteiger partial charge on any atom is 0.145 e. The lowest BCUT2D eigenvalue weighted by Crippen LogP contribution is -2.53. The summed E-state index contributed by atoms with van der Waals surface area (Å²) in [5.74, 6) is 1.14. The van der Waals surface area contributed by atoms with Gasteiger partial charge in [0.25, 0.3) is 0 Å². The van der Waals surface area contributed by atoms with Gasteiger partial charge in [0.2, 0.25) is 0 Å². The molecule has 0 spiro atoms. The Balaban J connectivity index is 2.16. The highest BCUT2D eigenvalue weighted by Gasteiger charge is 2.49. The molecule has 0 radical (unpaired) electrons. The van der Waals surface area contributed by atoms with Crippen LogP contribution in [-0.4, -0.2) is 11.9 Å². The average molecular weight is 283 g/mol. The molecule has 86 valence electrons. The molecule has 1 atom stereocenters. The van der Waals surface area contributed by atoms with Gasteiger partial charge in [-0.05, 0) is 38.5 Å². The Labute approximate surface area is 104 Å². The topological polar surface area (TPSA) is 26.3 Å². The second kappa shape index (κ2) is 3.88. The van der Waals surface area contributed by atoms with Gasteiger partial charge in [-0.15, -0.1) is 0 Å². The summed E-state index contributed by atoms with van der Waals surface area (Å²) in [5.41, 5.74) is 0.757. The summed E-state index contributed by atoms with van der Waals surface area (Å²) in [6.07, 6.45) is 0.534. The number of carbonyl (C=O) groups excluding carboxylic acids is 1. The van der Waals surface area contributed by atoms with Crippen LogP contribution in [0.25, 0.3) is 0 Å². The van der Waals surface area contributed by atoms with Gasteiger partial charge in [-0.1, -0.05) is 22.0 Å². The van der Waals surface area contributed by atoms with Crippen LogP contribution in [0.1, 0.15) is 25.8 Å². The van der Waals surface area contributed by atoms with E-state index in [0.717, 1.165) is 15.8 Å². The molecule has 1 aliphatic carbocycles. The van der Waals surface area contributed by atoms with Gasteiger partial charge in [0.1, 0.15) is 17.6 Å². The first-order valence-corrected chi connectivity index (χ1v) is 6.16. The Hall–Kier alpha value is -0.830. The molecule has 1 aliphatic rings. The van der Waals surface area contributed by atoms with Crippen molar-refractivity contribution in [1.82, 2.24) is 0 Å². The number of ketones is 1. The summed E-state index contributed by atoms with van der Waals surface area (Å²) in [5, 5.41) is 0. The Morgan fingerprint density at radius 1 is 1.44 bits per heavy atom. The highest BCUT2D eigenvalue weighted by atomic mass is 79.9. The van der Waals surface area contributed by atoms with Crippen molar-refractivity contribution in [2.24, 2.45) is 5.41 Å². The summed E-state index contributed by atoms with van der Waals surface area (Å²) in [6.45, 7) is 5.89. The lowest BCUT2D eigenvalue weighted by Gasteiger charge is -2.42. The van der Waals surface area contributed by atoms with Crippen molar-refractivity contribution in [3.63, 3.8) is 0 Å². The normalized spacial score (nSPS) is 22.8. The molecule has 16 heavy (non-hydrogen) atoms. The molecule has 1 aromatic rings. The smallest absolute Gasteiger partial charge is 0.145 e. The molecular formula is C13H15BrO2. The van der Waals surface area contributed by atoms with Crippen LogP contribution in [-0.2, 0) is 4.79 Å². The first-order valence-electron chi connectivity index (χ1n) is 5.37. The Kier molecular flexibility index (Phi) is 2.82. The molecular weight excluding hydrogens is 268 g/mol. The fourth-order valence-corrected chi connectivity index (χ4v) is 2.12. The van der Waals surface area contributed by atoms with E-state index >= 15 is 0 Å². The molecule has 0 heterocycles. The van der Waals surface area contributed by atoms with Crippen LogP contribution in [0.5, 0.6) is 5.75 Å². The van der Waals surface area contributed by atoms with Crippen molar-refractivity contribution in [1.29, 1.82) is 0 Å². The number of benzene rings is 1. The van der Waals surface area contributed by atoms with Crippen molar-refractivity contribution >= 4 is 21.7 Å². The predicted molar refractivity (Wildman–Crippen MR) is 66.7 cm³/mol. The molecule has 0 aromatic heterocycles. The summed E-state index contributed by atoms with van der Waals surface area (Å²) < 4.78 is 6.89. The van der Waals surface area contributed by atoms with Crippen molar-refractivity contribution in [3.8, 4) is 5.75 Å². The van der Waals surface area contributed by atoms with Crippen molar-refractivity contribution in [2.75, 3.05) is 0 Å².